The summed E-state index contributed by atoms with van der Waals surface area (Å²) in [7, 11) is 0. The van der Waals surface area contributed by atoms with Crippen LogP contribution in [0.25, 0.3) is 0 Å². The first kappa shape index (κ1) is 14.4. The lowest BCUT2D eigenvalue weighted by molar-refractivity contribution is 0.181. The first-order valence-corrected chi connectivity index (χ1v) is 7.15. The number of hydrogen-bond acceptors (Lipinski definition) is 3. The van der Waals surface area contributed by atoms with Crippen LogP contribution in [0.5, 0.6) is 0 Å². The molecule has 3 nitrogen and oxygen atoms in total. The van der Waals surface area contributed by atoms with Gasteiger partial charge in [-0.1, -0.05) is 12.1 Å². The third-order valence-corrected chi connectivity index (χ3v) is 3.69. The van der Waals surface area contributed by atoms with Crippen LogP contribution in [0, 0.1) is 5.82 Å². The molecule has 0 bridgehead atoms. The number of piperazine rings is 1. The third kappa shape index (κ3) is 4.90. The van der Waals surface area contributed by atoms with Crippen LogP contribution in [0.1, 0.15) is 12.5 Å². The molecular formula is C15H24FN3. The third-order valence-electron chi connectivity index (χ3n) is 3.69. The van der Waals surface area contributed by atoms with Crippen molar-refractivity contribution < 1.29 is 4.39 Å². The van der Waals surface area contributed by atoms with Crippen molar-refractivity contribution in [2.75, 3.05) is 39.3 Å². The molecule has 1 saturated heterocycles. The van der Waals surface area contributed by atoms with E-state index < -0.39 is 0 Å². The summed E-state index contributed by atoms with van der Waals surface area (Å²) in [5, 5.41) is 6.83. The molecule has 2 N–H and O–H groups in total. The molecule has 0 radical (unpaired) electrons. The Bertz CT molecular complexity index is 377. The molecular weight excluding hydrogens is 241 g/mol. The van der Waals surface area contributed by atoms with Gasteiger partial charge >= 0.3 is 0 Å². The molecule has 0 spiro atoms. The number of benzene rings is 1. The Kier molecular flexibility index (Phi) is 5.76. The van der Waals surface area contributed by atoms with E-state index >= 15 is 0 Å². The Balaban J connectivity index is 1.63. The van der Waals surface area contributed by atoms with Crippen molar-refractivity contribution in [3.05, 3.63) is 35.6 Å². The maximum Gasteiger partial charge on any atom is 0.123 e. The van der Waals surface area contributed by atoms with E-state index in [0.717, 1.165) is 51.3 Å². The van der Waals surface area contributed by atoms with Gasteiger partial charge in [-0.3, -0.25) is 4.90 Å². The number of nitrogens with one attached hydrogen (secondary N) is 2. The van der Waals surface area contributed by atoms with Crippen molar-refractivity contribution in [2.24, 2.45) is 0 Å². The largest absolute Gasteiger partial charge is 0.315 e. The molecule has 0 saturated carbocycles. The summed E-state index contributed by atoms with van der Waals surface area (Å²) in [6.45, 7) is 8.61. The Morgan fingerprint density at radius 3 is 2.89 bits per heavy atom. The van der Waals surface area contributed by atoms with Crippen LogP contribution in [0.3, 0.4) is 0 Å². The highest BCUT2D eigenvalue weighted by molar-refractivity contribution is 5.16. The van der Waals surface area contributed by atoms with Gasteiger partial charge in [0.2, 0.25) is 0 Å². The van der Waals surface area contributed by atoms with Crippen molar-refractivity contribution in [1.82, 2.24) is 15.5 Å². The normalized spacial score (nSPS) is 18.4. The van der Waals surface area contributed by atoms with Gasteiger partial charge in [-0.05, 0) is 37.6 Å². The molecule has 4 heteroatoms. The SMILES string of the molecule is CC(CNCCc1cccc(F)c1)N1CCNCC1. The lowest BCUT2D eigenvalue weighted by Crippen LogP contribution is -2.50. The fourth-order valence-corrected chi connectivity index (χ4v) is 2.49. The van der Waals surface area contributed by atoms with Crippen molar-refractivity contribution in [3.8, 4) is 0 Å². The van der Waals surface area contributed by atoms with Gasteiger partial charge in [-0.25, -0.2) is 4.39 Å². The predicted molar refractivity (Wildman–Crippen MR) is 76.9 cm³/mol. The summed E-state index contributed by atoms with van der Waals surface area (Å²) in [4.78, 5) is 2.51. The molecule has 1 unspecified atom stereocenters. The number of nitrogens with zero attached hydrogens (tertiary/aromatic N) is 1. The first-order valence-electron chi connectivity index (χ1n) is 7.15. The van der Waals surface area contributed by atoms with Crippen LogP contribution in [0.15, 0.2) is 24.3 Å². The summed E-state index contributed by atoms with van der Waals surface area (Å²) >= 11 is 0. The van der Waals surface area contributed by atoms with E-state index in [1.54, 1.807) is 12.1 Å². The molecule has 1 aromatic carbocycles. The van der Waals surface area contributed by atoms with E-state index in [4.69, 9.17) is 0 Å². The second kappa shape index (κ2) is 7.58. The summed E-state index contributed by atoms with van der Waals surface area (Å²) in [5.41, 5.74) is 1.06. The van der Waals surface area contributed by atoms with E-state index in [9.17, 15) is 4.39 Å². The van der Waals surface area contributed by atoms with Crippen molar-refractivity contribution in [2.45, 2.75) is 19.4 Å². The van der Waals surface area contributed by atoms with Gasteiger partial charge in [0.15, 0.2) is 0 Å². The van der Waals surface area contributed by atoms with Crippen LogP contribution in [-0.2, 0) is 6.42 Å². The Hall–Kier alpha value is -0.970. The standard InChI is InChI=1S/C15H24FN3/c1-13(19-9-7-17-8-10-19)12-18-6-5-14-3-2-4-15(16)11-14/h2-4,11,13,17-18H,5-10,12H2,1H3. The van der Waals surface area contributed by atoms with Gasteiger partial charge in [0.25, 0.3) is 0 Å². The van der Waals surface area contributed by atoms with Gasteiger partial charge in [-0.15, -0.1) is 0 Å². The van der Waals surface area contributed by atoms with Gasteiger partial charge in [0.05, 0.1) is 0 Å². The fourth-order valence-electron chi connectivity index (χ4n) is 2.49. The highest BCUT2D eigenvalue weighted by atomic mass is 19.1. The van der Waals surface area contributed by atoms with Crippen molar-refractivity contribution >= 4 is 0 Å². The van der Waals surface area contributed by atoms with Gasteiger partial charge in [0.1, 0.15) is 5.82 Å². The molecule has 1 atom stereocenters. The zero-order chi connectivity index (χ0) is 13.5. The molecule has 0 amide bonds. The Morgan fingerprint density at radius 2 is 2.16 bits per heavy atom. The zero-order valence-corrected chi connectivity index (χ0v) is 11.7. The van der Waals surface area contributed by atoms with E-state index in [1.807, 2.05) is 6.07 Å². The summed E-state index contributed by atoms with van der Waals surface area (Å²) < 4.78 is 13.0. The predicted octanol–water partition coefficient (Wildman–Crippen LogP) is 1.25. The molecule has 1 fully saturated rings. The van der Waals surface area contributed by atoms with E-state index in [2.05, 4.69) is 22.5 Å². The molecule has 0 aliphatic carbocycles. The summed E-state index contributed by atoms with van der Waals surface area (Å²) in [6, 6.07) is 7.41. The molecule has 2 rings (SSSR count). The van der Waals surface area contributed by atoms with Crippen LogP contribution in [0.4, 0.5) is 4.39 Å². The summed E-state index contributed by atoms with van der Waals surface area (Å²) in [5.74, 6) is -0.147. The number of rotatable bonds is 6. The second-order valence-electron chi connectivity index (χ2n) is 5.22. The zero-order valence-electron chi connectivity index (χ0n) is 11.7. The minimum absolute atomic E-state index is 0.147. The minimum Gasteiger partial charge on any atom is -0.315 e. The number of halogens is 1. The lowest BCUT2D eigenvalue weighted by Gasteiger charge is -2.32. The quantitative estimate of drug-likeness (QED) is 0.758. The molecule has 0 aromatic heterocycles. The van der Waals surface area contributed by atoms with Crippen molar-refractivity contribution in [1.29, 1.82) is 0 Å². The smallest absolute Gasteiger partial charge is 0.123 e. The maximum absolute atomic E-state index is 13.0. The monoisotopic (exact) mass is 265 g/mol. The topological polar surface area (TPSA) is 27.3 Å². The molecule has 1 heterocycles. The highest BCUT2D eigenvalue weighted by Crippen LogP contribution is 2.04. The maximum atomic E-state index is 13.0. The van der Waals surface area contributed by atoms with Crippen LogP contribution < -0.4 is 10.6 Å². The van der Waals surface area contributed by atoms with Crippen LogP contribution >= 0.6 is 0 Å². The molecule has 1 aliphatic heterocycles. The first-order chi connectivity index (χ1) is 9.25. The molecule has 106 valence electrons. The Labute approximate surface area is 115 Å². The fraction of sp³-hybridized carbons (Fsp3) is 0.600. The van der Waals surface area contributed by atoms with E-state index in [-0.39, 0.29) is 5.82 Å². The average Bonchev–Trinajstić information content (AvgIpc) is 2.44. The van der Waals surface area contributed by atoms with Gasteiger partial charge in [0, 0.05) is 38.8 Å². The second-order valence-corrected chi connectivity index (χ2v) is 5.22. The lowest BCUT2D eigenvalue weighted by atomic mass is 10.1. The van der Waals surface area contributed by atoms with Crippen LogP contribution in [-0.4, -0.2) is 50.2 Å². The van der Waals surface area contributed by atoms with Crippen molar-refractivity contribution in [3.63, 3.8) is 0 Å². The highest BCUT2D eigenvalue weighted by Gasteiger charge is 2.15. The average molecular weight is 265 g/mol. The molecule has 1 aliphatic rings. The molecule has 19 heavy (non-hydrogen) atoms. The molecule has 1 aromatic rings. The van der Waals surface area contributed by atoms with E-state index in [1.165, 1.54) is 6.07 Å². The van der Waals surface area contributed by atoms with Crippen LogP contribution in [0.2, 0.25) is 0 Å². The van der Waals surface area contributed by atoms with Gasteiger partial charge < -0.3 is 10.6 Å². The van der Waals surface area contributed by atoms with E-state index in [0.29, 0.717) is 6.04 Å². The summed E-state index contributed by atoms with van der Waals surface area (Å²) in [6.07, 6.45) is 0.881. The Morgan fingerprint density at radius 1 is 1.37 bits per heavy atom. The minimum atomic E-state index is -0.147. The van der Waals surface area contributed by atoms with Gasteiger partial charge in [-0.2, -0.15) is 0 Å². The number of hydrogen-bond donors (Lipinski definition) is 2.